The third kappa shape index (κ3) is 3.51. The highest BCUT2D eigenvalue weighted by Gasteiger charge is 2.47. The van der Waals surface area contributed by atoms with Crippen LogP contribution in [-0.2, 0) is 14.3 Å². The van der Waals surface area contributed by atoms with Gasteiger partial charge in [0, 0.05) is 31.8 Å². The molecule has 2 atom stereocenters. The third-order valence-electron chi connectivity index (χ3n) is 4.40. The lowest BCUT2D eigenvalue weighted by atomic mass is 9.96. The van der Waals surface area contributed by atoms with Gasteiger partial charge in [-0.3, -0.25) is 15.0 Å². The van der Waals surface area contributed by atoms with Crippen LogP contribution >= 0.6 is 0 Å². The molecule has 2 unspecified atom stereocenters. The Labute approximate surface area is 122 Å². The van der Waals surface area contributed by atoms with Crippen molar-refractivity contribution in [3.05, 3.63) is 0 Å². The second-order valence-electron chi connectivity index (χ2n) is 6.27. The number of ether oxygens (including phenoxy) is 2. The fourth-order valence-electron chi connectivity index (χ4n) is 3.58. The van der Waals surface area contributed by atoms with Crippen LogP contribution in [0.4, 0.5) is 0 Å². The summed E-state index contributed by atoms with van der Waals surface area (Å²) in [6, 6.07) is 0.738. The van der Waals surface area contributed by atoms with E-state index in [1.54, 1.807) is 0 Å². The van der Waals surface area contributed by atoms with Gasteiger partial charge in [0.25, 0.3) is 0 Å². The van der Waals surface area contributed by atoms with Crippen molar-refractivity contribution in [2.75, 3.05) is 33.4 Å². The summed E-state index contributed by atoms with van der Waals surface area (Å²) in [6.45, 7) is 7.87. The summed E-state index contributed by atoms with van der Waals surface area (Å²) in [5.74, 6) is -0.111. The molecule has 20 heavy (non-hydrogen) atoms. The van der Waals surface area contributed by atoms with Crippen molar-refractivity contribution in [1.82, 2.24) is 10.2 Å². The monoisotopic (exact) mass is 284 g/mol. The second kappa shape index (κ2) is 6.87. The average Bonchev–Trinajstić information content (AvgIpc) is 2.66. The summed E-state index contributed by atoms with van der Waals surface area (Å²) < 4.78 is 10.6. The molecule has 0 amide bonds. The minimum Gasteiger partial charge on any atom is -0.468 e. The topological polar surface area (TPSA) is 50.8 Å². The number of carbonyl (C=O) groups is 1. The molecule has 1 heterocycles. The van der Waals surface area contributed by atoms with Crippen LogP contribution in [0.3, 0.4) is 0 Å². The number of nitrogens with zero attached hydrogens (tertiary/aromatic N) is 1. The smallest absolute Gasteiger partial charge is 0.326 e. The standard InChI is InChI=1S/C15H28N2O3/c1-12(2)16-15(14(18)19-3)6-5-13(11-15)17-7-4-9-20-10-8-17/h12-13,16H,4-11H2,1-3H3. The van der Waals surface area contributed by atoms with Crippen LogP contribution in [0, 0.1) is 0 Å². The summed E-state index contributed by atoms with van der Waals surface area (Å²) in [5, 5.41) is 3.46. The van der Waals surface area contributed by atoms with Crippen molar-refractivity contribution in [2.24, 2.45) is 0 Å². The Kier molecular flexibility index (Phi) is 5.41. The second-order valence-corrected chi connectivity index (χ2v) is 6.27. The molecule has 5 heteroatoms. The van der Waals surface area contributed by atoms with Crippen molar-refractivity contribution in [3.8, 4) is 0 Å². The Bertz CT molecular complexity index is 327. The van der Waals surface area contributed by atoms with E-state index in [4.69, 9.17) is 9.47 Å². The van der Waals surface area contributed by atoms with E-state index in [0.717, 1.165) is 52.0 Å². The number of nitrogens with one attached hydrogen (secondary N) is 1. The third-order valence-corrected chi connectivity index (χ3v) is 4.40. The van der Waals surface area contributed by atoms with Crippen LogP contribution in [0.5, 0.6) is 0 Å². The molecule has 0 aromatic heterocycles. The predicted molar refractivity (Wildman–Crippen MR) is 77.7 cm³/mol. The molecule has 0 spiro atoms. The van der Waals surface area contributed by atoms with Gasteiger partial charge in [0.15, 0.2) is 0 Å². The molecule has 0 aromatic carbocycles. The summed E-state index contributed by atoms with van der Waals surface area (Å²) in [6.07, 6.45) is 3.84. The van der Waals surface area contributed by atoms with Crippen LogP contribution in [-0.4, -0.2) is 61.9 Å². The maximum atomic E-state index is 12.2. The van der Waals surface area contributed by atoms with Gasteiger partial charge in [0.2, 0.25) is 0 Å². The minimum atomic E-state index is -0.499. The van der Waals surface area contributed by atoms with E-state index < -0.39 is 5.54 Å². The summed E-state index contributed by atoms with van der Waals surface area (Å²) in [5.41, 5.74) is -0.499. The SMILES string of the molecule is COC(=O)C1(NC(C)C)CCC(N2CCCOCC2)C1. The molecule has 1 saturated carbocycles. The highest BCUT2D eigenvalue weighted by Crippen LogP contribution is 2.35. The van der Waals surface area contributed by atoms with Gasteiger partial charge in [-0.05, 0) is 39.5 Å². The van der Waals surface area contributed by atoms with E-state index in [9.17, 15) is 4.79 Å². The summed E-state index contributed by atoms with van der Waals surface area (Å²) >= 11 is 0. The Morgan fingerprint density at radius 1 is 1.40 bits per heavy atom. The summed E-state index contributed by atoms with van der Waals surface area (Å²) in [7, 11) is 1.49. The quantitative estimate of drug-likeness (QED) is 0.785. The first kappa shape index (κ1) is 15.7. The predicted octanol–water partition coefficient (Wildman–Crippen LogP) is 1.17. The Morgan fingerprint density at radius 3 is 2.90 bits per heavy atom. The first-order chi connectivity index (χ1) is 9.57. The average molecular weight is 284 g/mol. The van der Waals surface area contributed by atoms with E-state index in [1.165, 1.54) is 7.11 Å². The van der Waals surface area contributed by atoms with E-state index in [0.29, 0.717) is 6.04 Å². The zero-order valence-electron chi connectivity index (χ0n) is 13.0. The molecule has 2 fully saturated rings. The van der Waals surface area contributed by atoms with Crippen molar-refractivity contribution in [3.63, 3.8) is 0 Å². The molecule has 2 aliphatic rings. The fraction of sp³-hybridized carbons (Fsp3) is 0.933. The largest absolute Gasteiger partial charge is 0.468 e. The van der Waals surface area contributed by atoms with E-state index >= 15 is 0 Å². The van der Waals surface area contributed by atoms with Gasteiger partial charge >= 0.3 is 5.97 Å². The number of hydrogen-bond acceptors (Lipinski definition) is 5. The fourth-order valence-corrected chi connectivity index (χ4v) is 3.58. The van der Waals surface area contributed by atoms with Gasteiger partial charge in [0.05, 0.1) is 13.7 Å². The number of rotatable bonds is 4. The van der Waals surface area contributed by atoms with Crippen LogP contribution in [0.15, 0.2) is 0 Å². The number of hydrogen-bond donors (Lipinski definition) is 1. The molecule has 0 aromatic rings. The molecule has 1 saturated heterocycles. The normalized spacial score (nSPS) is 32.3. The van der Waals surface area contributed by atoms with E-state index in [2.05, 4.69) is 24.1 Å². The van der Waals surface area contributed by atoms with Crippen molar-refractivity contribution in [1.29, 1.82) is 0 Å². The Hall–Kier alpha value is -0.650. The zero-order chi connectivity index (χ0) is 14.6. The Morgan fingerprint density at radius 2 is 2.20 bits per heavy atom. The van der Waals surface area contributed by atoms with Gasteiger partial charge in [-0.15, -0.1) is 0 Å². The van der Waals surface area contributed by atoms with Crippen LogP contribution in [0.1, 0.15) is 39.5 Å². The van der Waals surface area contributed by atoms with E-state index in [-0.39, 0.29) is 12.0 Å². The van der Waals surface area contributed by atoms with Gasteiger partial charge in [-0.25, -0.2) is 0 Å². The molecule has 1 aliphatic carbocycles. The highest BCUT2D eigenvalue weighted by molar-refractivity contribution is 5.81. The minimum absolute atomic E-state index is 0.111. The van der Waals surface area contributed by atoms with Gasteiger partial charge in [-0.2, -0.15) is 0 Å². The van der Waals surface area contributed by atoms with Crippen molar-refractivity contribution >= 4 is 5.97 Å². The molecule has 1 N–H and O–H groups in total. The zero-order valence-corrected chi connectivity index (χ0v) is 13.0. The number of methoxy groups -OCH3 is 1. The number of esters is 1. The Balaban J connectivity index is 2.04. The first-order valence-corrected chi connectivity index (χ1v) is 7.75. The summed E-state index contributed by atoms with van der Waals surface area (Å²) in [4.78, 5) is 14.7. The highest BCUT2D eigenvalue weighted by atomic mass is 16.5. The lowest BCUT2D eigenvalue weighted by Gasteiger charge is -2.32. The van der Waals surface area contributed by atoms with Gasteiger partial charge < -0.3 is 9.47 Å². The van der Waals surface area contributed by atoms with Crippen LogP contribution in [0.25, 0.3) is 0 Å². The molecule has 5 nitrogen and oxygen atoms in total. The molecule has 0 bridgehead atoms. The first-order valence-electron chi connectivity index (χ1n) is 7.75. The van der Waals surface area contributed by atoms with Crippen LogP contribution in [0.2, 0.25) is 0 Å². The van der Waals surface area contributed by atoms with Crippen molar-refractivity contribution in [2.45, 2.75) is 57.2 Å². The lowest BCUT2D eigenvalue weighted by molar-refractivity contribution is -0.149. The van der Waals surface area contributed by atoms with E-state index in [1.807, 2.05) is 0 Å². The molecular formula is C15H28N2O3. The number of carbonyl (C=O) groups excluding carboxylic acids is 1. The maximum Gasteiger partial charge on any atom is 0.326 e. The maximum absolute atomic E-state index is 12.2. The van der Waals surface area contributed by atoms with Crippen LogP contribution < -0.4 is 5.32 Å². The van der Waals surface area contributed by atoms with Gasteiger partial charge in [0.1, 0.15) is 5.54 Å². The molecule has 0 radical (unpaired) electrons. The van der Waals surface area contributed by atoms with Gasteiger partial charge in [-0.1, -0.05) is 0 Å². The lowest BCUT2D eigenvalue weighted by Crippen LogP contribution is -2.54. The molecule has 1 aliphatic heterocycles. The van der Waals surface area contributed by atoms with Crippen molar-refractivity contribution < 1.29 is 14.3 Å². The molecule has 116 valence electrons. The molecular weight excluding hydrogens is 256 g/mol. The molecule has 2 rings (SSSR count).